The Labute approximate surface area is 214 Å². The van der Waals surface area contributed by atoms with E-state index in [1.165, 1.54) is 33.4 Å². The summed E-state index contributed by atoms with van der Waals surface area (Å²) in [5, 5.41) is 0. The predicted octanol–water partition coefficient (Wildman–Crippen LogP) is 9.90. The van der Waals surface area contributed by atoms with Gasteiger partial charge in [-0.1, -0.05) is 107 Å². The Hall–Kier alpha value is -1.24. The molecule has 0 saturated carbocycles. The highest BCUT2D eigenvalue weighted by Crippen LogP contribution is 2.53. The normalized spacial score (nSPS) is 15.9. The number of hydrogen-bond acceptors (Lipinski definition) is 2. The second kappa shape index (κ2) is 9.01. The fourth-order valence-corrected chi connectivity index (χ4v) is 5.55. The summed E-state index contributed by atoms with van der Waals surface area (Å²) in [7, 11) is -1.66. The van der Waals surface area contributed by atoms with E-state index in [1.54, 1.807) is 0 Å². The zero-order chi connectivity index (χ0) is 25.9. The molecule has 0 fully saturated rings. The quantitative estimate of drug-likeness (QED) is 0.333. The van der Waals surface area contributed by atoms with E-state index in [9.17, 15) is 0 Å². The molecule has 0 unspecified atom stereocenters. The van der Waals surface area contributed by atoms with Crippen LogP contribution in [0, 0.1) is 0 Å². The van der Waals surface area contributed by atoms with E-state index in [-0.39, 0.29) is 21.7 Å². The summed E-state index contributed by atoms with van der Waals surface area (Å²) in [5.74, 6) is 1.81. The van der Waals surface area contributed by atoms with Crippen LogP contribution < -0.4 is 9.05 Å². The van der Waals surface area contributed by atoms with Gasteiger partial charge in [0.2, 0.25) is 0 Å². The Morgan fingerprint density at radius 3 is 1.15 bits per heavy atom. The van der Waals surface area contributed by atoms with Crippen molar-refractivity contribution in [1.82, 2.24) is 0 Å². The van der Waals surface area contributed by atoms with E-state index in [0.717, 1.165) is 24.3 Å². The van der Waals surface area contributed by atoms with Gasteiger partial charge in [0.25, 0.3) is 0 Å². The van der Waals surface area contributed by atoms with Gasteiger partial charge in [-0.15, -0.1) is 0 Å². The molecule has 2 aromatic carbocycles. The van der Waals surface area contributed by atoms with Crippen LogP contribution in [0.1, 0.15) is 116 Å². The lowest BCUT2D eigenvalue weighted by molar-refractivity contribution is 0.469. The Bertz CT molecular complexity index is 974. The molecule has 0 spiro atoms. The SMILES string of the molecule is CC(C)(C)c1cc2c(c(C(C)(C)C)c1)OP(Cl)Oc1c(cc(C(C)(C)C)cc1C(C)(C)C)CC2. The monoisotopic (exact) mass is 502 g/mol. The zero-order valence-corrected chi connectivity index (χ0v) is 25.0. The molecular weight excluding hydrogens is 459 g/mol. The van der Waals surface area contributed by atoms with Crippen molar-refractivity contribution in [1.29, 1.82) is 0 Å². The number of aryl methyl sites for hydroxylation is 2. The molecule has 3 rings (SSSR count). The Kier molecular flexibility index (Phi) is 7.25. The molecular formula is C30H44ClO2P. The second-order valence-corrected chi connectivity index (χ2v) is 15.5. The van der Waals surface area contributed by atoms with Gasteiger partial charge in [0.15, 0.2) is 0 Å². The van der Waals surface area contributed by atoms with Crippen molar-refractivity contribution in [2.75, 3.05) is 0 Å². The van der Waals surface area contributed by atoms with Gasteiger partial charge in [0.1, 0.15) is 11.5 Å². The van der Waals surface area contributed by atoms with Crippen LogP contribution in [0.2, 0.25) is 0 Å². The maximum absolute atomic E-state index is 6.85. The third kappa shape index (κ3) is 5.93. The van der Waals surface area contributed by atoms with Crippen molar-refractivity contribution in [2.45, 2.75) is 118 Å². The molecule has 2 nitrogen and oxygen atoms in total. The number of rotatable bonds is 0. The molecule has 1 aliphatic rings. The summed E-state index contributed by atoms with van der Waals surface area (Å²) < 4.78 is 12.9. The molecule has 188 valence electrons. The van der Waals surface area contributed by atoms with Gasteiger partial charge in [-0.25, -0.2) is 0 Å². The molecule has 0 radical (unpaired) electrons. The largest absolute Gasteiger partial charge is 0.427 e. The van der Waals surface area contributed by atoms with Crippen molar-refractivity contribution >= 4 is 19.0 Å². The van der Waals surface area contributed by atoms with E-state index in [0.29, 0.717) is 0 Å². The number of hydrogen-bond donors (Lipinski definition) is 0. The van der Waals surface area contributed by atoms with Crippen LogP contribution in [-0.4, -0.2) is 0 Å². The standard InChI is InChI=1S/C30H44ClO2P/c1-27(2,3)21-15-19-13-14-20-16-22(28(4,5)6)18-24(30(10,11)12)26(20)33-34(31)32-25(19)23(17-21)29(7,8)9/h15-18H,13-14H2,1-12H3. The molecule has 1 heterocycles. The maximum atomic E-state index is 6.85. The van der Waals surface area contributed by atoms with Crippen molar-refractivity contribution in [2.24, 2.45) is 0 Å². The van der Waals surface area contributed by atoms with E-state index in [4.69, 9.17) is 20.3 Å². The van der Waals surface area contributed by atoms with Crippen molar-refractivity contribution < 1.29 is 9.05 Å². The Morgan fingerprint density at radius 2 is 0.882 bits per heavy atom. The first-order chi connectivity index (χ1) is 15.3. The summed E-state index contributed by atoms with van der Waals surface area (Å²) in [4.78, 5) is 0. The van der Waals surface area contributed by atoms with Crippen LogP contribution in [0.25, 0.3) is 0 Å². The van der Waals surface area contributed by atoms with Crippen molar-refractivity contribution in [3.63, 3.8) is 0 Å². The highest BCUT2D eigenvalue weighted by Gasteiger charge is 2.32. The molecule has 0 bridgehead atoms. The van der Waals surface area contributed by atoms with Crippen LogP contribution in [0.4, 0.5) is 0 Å². The topological polar surface area (TPSA) is 18.5 Å². The van der Waals surface area contributed by atoms with Gasteiger partial charge in [0, 0.05) is 11.1 Å². The molecule has 4 heteroatoms. The highest BCUT2D eigenvalue weighted by molar-refractivity contribution is 7.76. The molecule has 2 aromatic rings. The van der Waals surface area contributed by atoms with Gasteiger partial charge in [-0.2, -0.15) is 0 Å². The summed E-state index contributed by atoms with van der Waals surface area (Å²) in [5.41, 5.74) is 7.45. The van der Waals surface area contributed by atoms with Crippen LogP contribution in [0.5, 0.6) is 11.5 Å². The minimum atomic E-state index is -1.66. The van der Waals surface area contributed by atoms with Gasteiger partial charge in [-0.3, -0.25) is 0 Å². The first-order valence-electron chi connectivity index (χ1n) is 12.5. The number of halogens is 1. The third-order valence-corrected chi connectivity index (χ3v) is 7.74. The fourth-order valence-electron chi connectivity index (χ4n) is 4.38. The van der Waals surface area contributed by atoms with Crippen molar-refractivity contribution in [3.8, 4) is 11.5 Å². The molecule has 34 heavy (non-hydrogen) atoms. The lowest BCUT2D eigenvalue weighted by atomic mass is 9.77. The lowest BCUT2D eigenvalue weighted by Gasteiger charge is -2.30. The van der Waals surface area contributed by atoms with Gasteiger partial charge in [-0.05, 0) is 68.0 Å². The van der Waals surface area contributed by atoms with Crippen LogP contribution in [0.3, 0.4) is 0 Å². The summed E-state index contributed by atoms with van der Waals surface area (Å²) in [6.07, 6.45) is 1.77. The van der Waals surface area contributed by atoms with Gasteiger partial charge in [0.05, 0.1) is 0 Å². The smallest absolute Gasteiger partial charge is 0.401 e. The molecule has 0 amide bonds. The molecule has 0 aliphatic carbocycles. The molecule has 1 aliphatic heterocycles. The van der Waals surface area contributed by atoms with E-state index >= 15 is 0 Å². The van der Waals surface area contributed by atoms with E-state index in [2.05, 4.69) is 107 Å². The summed E-state index contributed by atoms with van der Waals surface area (Å²) in [6.45, 7) is 27.1. The third-order valence-electron chi connectivity index (χ3n) is 6.67. The summed E-state index contributed by atoms with van der Waals surface area (Å²) in [6, 6.07) is 9.27. The Balaban J connectivity index is 2.25. The number of fused-ring (bicyclic) bond motifs is 2. The zero-order valence-electron chi connectivity index (χ0n) is 23.4. The summed E-state index contributed by atoms with van der Waals surface area (Å²) >= 11 is 6.85. The average Bonchev–Trinajstić information content (AvgIpc) is 2.70. The predicted molar refractivity (Wildman–Crippen MR) is 149 cm³/mol. The van der Waals surface area contributed by atoms with Gasteiger partial charge < -0.3 is 9.05 Å². The van der Waals surface area contributed by atoms with E-state index in [1.807, 2.05) is 0 Å². The fraction of sp³-hybridized carbons (Fsp3) is 0.600. The molecule has 0 N–H and O–H groups in total. The highest BCUT2D eigenvalue weighted by atomic mass is 35.7. The van der Waals surface area contributed by atoms with Crippen LogP contribution in [0.15, 0.2) is 24.3 Å². The molecule has 0 saturated heterocycles. The first-order valence-corrected chi connectivity index (χ1v) is 14.5. The van der Waals surface area contributed by atoms with Crippen LogP contribution >= 0.6 is 19.0 Å². The maximum Gasteiger partial charge on any atom is 0.401 e. The van der Waals surface area contributed by atoms with E-state index < -0.39 is 7.73 Å². The first kappa shape index (κ1) is 27.3. The minimum Gasteiger partial charge on any atom is -0.427 e. The number of benzene rings is 2. The average molecular weight is 503 g/mol. The Morgan fingerprint density at radius 1 is 0.559 bits per heavy atom. The van der Waals surface area contributed by atoms with Gasteiger partial charge >= 0.3 is 7.73 Å². The molecule has 0 aromatic heterocycles. The van der Waals surface area contributed by atoms with Crippen LogP contribution in [-0.2, 0) is 34.5 Å². The lowest BCUT2D eigenvalue weighted by Crippen LogP contribution is -2.18. The molecule has 0 atom stereocenters. The van der Waals surface area contributed by atoms with Crippen molar-refractivity contribution in [3.05, 3.63) is 57.6 Å². The second-order valence-electron chi connectivity index (χ2n) is 13.9. The minimum absolute atomic E-state index is 0.0480.